The highest BCUT2D eigenvalue weighted by Crippen LogP contribution is 2.32. The van der Waals surface area contributed by atoms with Crippen LogP contribution >= 0.6 is 0 Å². The van der Waals surface area contributed by atoms with Crippen LogP contribution in [0, 0.1) is 12.7 Å². The number of carbonyl (C=O) groups is 2. The monoisotopic (exact) mass is 599 g/mol. The van der Waals surface area contributed by atoms with Gasteiger partial charge in [-0.05, 0) is 69.2 Å². The third-order valence-electron chi connectivity index (χ3n) is 6.63. The van der Waals surface area contributed by atoms with Gasteiger partial charge in [0.2, 0.25) is 11.8 Å². The smallest absolute Gasteiger partial charge is 0.264 e. The molecular weight excluding hydrogens is 561 g/mol. The van der Waals surface area contributed by atoms with Crippen molar-refractivity contribution >= 4 is 27.5 Å². The molecule has 0 aromatic heterocycles. The van der Waals surface area contributed by atoms with Crippen molar-refractivity contribution in [3.05, 3.63) is 83.7 Å². The molecule has 0 radical (unpaired) electrons. The molecule has 0 bridgehead atoms. The summed E-state index contributed by atoms with van der Waals surface area (Å²) in [7, 11) is -1.46. The maximum absolute atomic E-state index is 14.1. The standard InChI is InChI=1S/C31H38FN3O6S/c1-7-27(31(37)33-21(2)3)34(19-23-10-12-24(32)13-11-23)30(36)20-35(25-14-8-22(4)9-15-25)42(38,39)26-16-17-28(40-5)29(18-26)41-6/h8-18,21,27H,7,19-20H2,1-6H3,(H,33,37)/t27-/m0/s1. The molecule has 0 aliphatic carbocycles. The molecule has 0 fully saturated rings. The van der Waals surface area contributed by atoms with Gasteiger partial charge in [-0.25, -0.2) is 12.8 Å². The molecule has 0 saturated carbocycles. The minimum absolute atomic E-state index is 0.0265. The molecule has 1 atom stereocenters. The Kier molecular flexibility index (Phi) is 10.9. The summed E-state index contributed by atoms with van der Waals surface area (Å²) in [4.78, 5) is 28.5. The lowest BCUT2D eigenvalue weighted by atomic mass is 10.1. The van der Waals surface area contributed by atoms with Crippen LogP contribution in [0.2, 0.25) is 0 Å². The first-order valence-corrected chi connectivity index (χ1v) is 15.0. The van der Waals surface area contributed by atoms with Crippen molar-refractivity contribution in [2.24, 2.45) is 0 Å². The highest BCUT2D eigenvalue weighted by atomic mass is 32.2. The van der Waals surface area contributed by atoms with E-state index in [0.29, 0.717) is 11.3 Å². The molecule has 3 rings (SSSR count). The van der Waals surface area contributed by atoms with E-state index in [0.717, 1.165) is 9.87 Å². The summed E-state index contributed by atoms with van der Waals surface area (Å²) in [6, 6.07) is 15.5. The number of amides is 2. The fraction of sp³-hybridized carbons (Fsp3) is 0.355. The molecule has 0 aliphatic rings. The zero-order valence-corrected chi connectivity index (χ0v) is 25.6. The van der Waals surface area contributed by atoms with Crippen molar-refractivity contribution in [2.45, 2.75) is 57.6 Å². The highest BCUT2D eigenvalue weighted by Gasteiger charge is 2.34. The molecule has 1 N–H and O–H groups in total. The van der Waals surface area contributed by atoms with E-state index < -0.39 is 34.3 Å². The number of anilines is 1. The van der Waals surface area contributed by atoms with E-state index >= 15 is 0 Å². The summed E-state index contributed by atoms with van der Waals surface area (Å²) in [5.74, 6) is -0.847. The lowest BCUT2D eigenvalue weighted by Gasteiger charge is -2.33. The molecule has 2 amide bonds. The van der Waals surface area contributed by atoms with E-state index in [1.54, 1.807) is 31.2 Å². The second-order valence-corrected chi connectivity index (χ2v) is 12.0. The summed E-state index contributed by atoms with van der Waals surface area (Å²) >= 11 is 0. The van der Waals surface area contributed by atoms with Crippen LogP contribution in [0.4, 0.5) is 10.1 Å². The number of nitrogens with one attached hydrogen (secondary N) is 1. The maximum Gasteiger partial charge on any atom is 0.264 e. The van der Waals surface area contributed by atoms with Crippen molar-refractivity contribution in [3.8, 4) is 11.5 Å². The molecule has 3 aromatic rings. The summed E-state index contributed by atoms with van der Waals surface area (Å²) in [5.41, 5.74) is 1.76. The Balaban J connectivity index is 2.09. The first-order chi connectivity index (χ1) is 19.9. The second kappa shape index (κ2) is 14.2. The van der Waals surface area contributed by atoms with Crippen LogP contribution in [0.25, 0.3) is 0 Å². The van der Waals surface area contributed by atoms with Gasteiger partial charge in [0.1, 0.15) is 18.4 Å². The van der Waals surface area contributed by atoms with Gasteiger partial charge in [0.25, 0.3) is 10.0 Å². The first-order valence-electron chi connectivity index (χ1n) is 13.6. The zero-order chi connectivity index (χ0) is 31.0. The number of ether oxygens (including phenoxy) is 2. The van der Waals surface area contributed by atoms with Crippen molar-refractivity contribution in [2.75, 3.05) is 25.1 Å². The van der Waals surface area contributed by atoms with Gasteiger partial charge in [-0.3, -0.25) is 13.9 Å². The van der Waals surface area contributed by atoms with E-state index in [9.17, 15) is 22.4 Å². The Bertz CT molecular complexity index is 1480. The van der Waals surface area contributed by atoms with Crippen LogP contribution in [-0.2, 0) is 26.2 Å². The van der Waals surface area contributed by atoms with Gasteiger partial charge in [0, 0.05) is 18.7 Å². The van der Waals surface area contributed by atoms with Crippen LogP contribution in [0.15, 0.2) is 71.6 Å². The number of rotatable bonds is 13. The Hall–Kier alpha value is -4.12. The molecule has 0 saturated heterocycles. The van der Waals surface area contributed by atoms with Gasteiger partial charge in [-0.2, -0.15) is 0 Å². The quantitative estimate of drug-likeness (QED) is 0.306. The molecule has 0 spiro atoms. The van der Waals surface area contributed by atoms with Gasteiger partial charge in [-0.15, -0.1) is 0 Å². The van der Waals surface area contributed by atoms with Crippen LogP contribution in [-0.4, -0.2) is 58.0 Å². The molecule has 11 heteroatoms. The number of carbonyl (C=O) groups excluding carboxylic acids is 2. The number of sulfonamides is 1. The summed E-state index contributed by atoms with van der Waals surface area (Å²) in [6.45, 7) is 6.64. The molecule has 42 heavy (non-hydrogen) atoms. The average Bonchev–Trinajstić information content (AvgIpc) is 2.96. The SMILES string of the molecule is CC[C@@H](C(=O)NC(C)C)N(Cc1ccc(F)cc1)C(=O)CN(c1ccc(C)cc1)S(=O)(=O)c1ccc(OC)c(OC)c1. The third-order valence-corrected chi connectivity index (χ3v) is 8.40. The molecule has 3 aromatic carbocycles. The van der Waals surface area contributed by atoms with Gasteiger partial charge in [-0.1, -0.05) is 36.8 Å². The van der Waals surface area contributed by atoms with Crippen LogP contribution in [0.3, 0.4) is 0 Å². The molecular formula is C31H38FN3O6S. The van der Waals surface area contributed by atoms with E-state index in [1.165, 1.54) is 61.6 Å². The lowest BCUT2D eigenvalue weighted by molar-refractivity contribution is -0.140. The number of hydrogen-bond donors (Lipinski definition) is 1. The van der Waals surface area contributed by atoms with Crippen LogP contribution in [0.1, 0.15) is 38.3 Å². The second-order valence-electron chi connectivity index (χ2n) is 10.1. The Morgan fingerprint density at radius 1 is 0.929 bits per heavy atom. The van der Waals surface area contributed by atoms with Gasteiger partial charge in [0.05, 0.1) is 24.8 Å². The Morgan fingerprint density at radius 2 is 1.55 bits per heavy atom. The Labute approximate surface area is 247 Å². The zero-order valence-electron chi connectivity index (χ0n) is 24.8. The van der Waals surface area contributed by atoms with E-state index in [-0.39, 0.29) is 41.2 Å². The molecule has 0 heterocycles. The van der Waals surface area contributed by atoms with Crippen molar-refractivity contribution in [1.29, 1.82) is 0 Å². The van der Waals surface area contributed by atoms with Crippen LogP contribution < -0.4 is 19.1 Å². The lowest BCUT2D eigenvalue weighted by Crippen LogP contribution is -2.53. The molecule has 9 nitrogen and oxygen atoms in total. The summed E-state index contributed by atoms with van der Waals surface area (Å²) < 4.78 is 53.4. The van der Waals surface area contributed by atoms with E-state index in [1.807, 2.05) is 20.8 Å². The van der Waals surface area contributed by atoms with Crippen molar-refractivity contribution < 1.29 is 31.9 Å². The number of aryl methyl sites for hydroxylation is 1. The highest BCUT2D eigenvalue weighted by molar-refractivity contribution is 7.92. The van der Waals surface area contributed by atoms with E-state index in [2.05, 4.69) is 5.32 Å². The molecule has 0 aliphatic heterocycles. The minimum atomic E-state index is -4.30. The number of halogens is 1. The van der Waals surface area contributed by atoms with Gasteiger partial charge >= 0.3 is 0 Å². The topological polar surface area (TPSA) is 105 Å². The number of methoxy groups -OCH3 is 2. The number of benzene rings is 3. The Morgan fingerprint density at radius 3 is 2.10 bits per heavy atom. The third kappa shape index (κ3) is 7.79. The van der Waals surface area contributed by atoms with Gasteiger partial charge < -0.3 is 19.7 Å². The van der Waals surface area contributed by atoms with Crippen molar-refractivity contribution in [1.82, 2.24) is 10.2 Å². The minimum Gasteiger partial charge on any atom is -0.493 e. The fourth-order valence-corrected chi connectivity index (χ4v) is 5.86. The summed E-state index contributed by atoms with van der Waals surface area (Å²) in [5, 5.41) is 2.84. The van der Waals surface area contributed by atoms with E-state index in [4.69, 9.17) is 9.47 Å². The van der Waals surface area contributed by atoms with Crippen LogP contribution in [0.5, 0.6) is 11.5 Å². The van der Waals surface area contributed by atoms with Gasteiger partial charge in [0.15, 0.2) is 11.5 Å². The maximum atomic E-state index is 14.1. The largest absolute Gasteiger partial charge is 0.493 e. The molecule has 226 valence electrons. The summed E-state index contributed by atoms with van der Waals surface area (Å²) in [6.07, 6.45) is 0.276. The fourth-order valence-electron chi connectivity index (χ4n) is 4.43. The number of hydrogen-bond acceptors (Lipinski definition) is 6. The average molecular weight is 600 g/mol. The van der Waals surface area contributed by atoms with Crippen molar-refractivity contribution in [3.63, 3.8) is 0 Å². The molecule has 0 unspecified atom stereocenters. The first kappa shape index (κ1) is 32.4. The normalized spacial score (nSPS) is 12.0. The number of nitrogens with zero attached hydrogens (tertiary/aromatic N) is 2. The predicted molar refractivity (Wildman–Crippen MR) is 160 cm³/mol. The predicted octanol–water partition coefficient (Wildman–Crippen LogP) is 4.68.